The number of ether oxygens (including phenoxy) is 1. The summed E-state index contributed by atoms with van der Waals surface area (Å²) in [4.78, 5) is 0. The van der Waals surface area contributed by atoms with E-state index in [1.165, 1.54) is 12.1 Å². The van der Waals surface area contributed by atoms with Crippen molar-refractivity contribution in [3.05, 3.63) is 29.0 Å². The monoisotopic (exact) mass is 330 g/mol. The maximum absolute atomic E-state index is 13.3. The lowest BCUT2D eigenvalue weighted by Gasteiger charge is -2.29. The number of hydrogen-bond acceptors (Lipinski definition) is 4. The molecule has 1 aromatic rings. The number of nitrogens with one attached hydrogen (secondary N) is 1. The van der Waals surface area contributed by atoms with Gasteiger partial charge in [-0.25, -0.2) is 4.39 Å². The van der Waals surface area contributed by atoms with Crippen molar-refractivity contribution in [2.24, 2.45) is 11.7 Å². The molecule has 124 valence electrons. The number of aliphatic hydroxyl groups excluding tert-OH is 1. The van der Waals surface area contributed by atoms with Gasteiger partial charge in [0.2, 0.25) is 0 Å². The van der Waals surface area contributed by atoms with E-state index in [2.05, 4.69) is 5.32 Å². The fraction of sp³-hybridized carbons (Fsp3) is 0.625. The molecule has 4 N–H and O–H groups in total. The van der Waals surface area contributed by atoms with Crippen LogP contribution in [-0.4, -0.2) is 36.9 Å². The molecule has 1 aromatic carbocycles. The molecule has 0 aromatic heterocycles. The second-order valence-electron chi connectivity index (χ2n) is 5.90. The maximum Gasteiger partial charge on any atom is 0.145 e. The normalized spacial score (nSPS) is 23.3. The first-order valence-corrected chi connectivity index (χ1v) is 8.15. The molecule has 1 fully saturated rings. The third kappa shape index (κ3) is 5.39. The van der Waals surface area contributed by atoms with E-state index in [9.17, 15) is 9.50 Å². The minimum atomic E-state index is -0.633. The topological polar surface area (TPSA) is 67.5 Å². The van der Waals surface area contributed by atoms with Gasteiger partial charge in [-0.3, -0.25) is 0 Å². The van der Waals surface area contributed by atoms with Crippen molar-refractivity contribution in [2.75, 3.05) is 19.7 Å². The van der Waals surface area contributed by atoms with Gasteiger partial charge in [0.05, 0.1) is 5.02 Å². The SMILES string of the molecule is NCC1CCC(NCC(O)COc2ccc(Cl)c(F)c2)CC1. The Kier molecular flexibility index (Phi) is 6.89. The Labute approximate surface area is 135 Å². The zero-order chi connectivity index (χ0) is 15.9. The number of hydrogen-bond donors (Lipinski definition) is 3. The predicted molar refractivity (Wildman–Crippen MR) is 85.7 cm³/mol. The van der Waals surface area contributed by atoms with Gasteiger partial charge >= 0.3 is 0 Å². The Morgan fingerprint density at radius 1 is 1.36 bits per heavy atom. The van der Waals surface area contributed by atoms with Gasteiger partial charge in [-0.2, -0.15) is 0 Å². The first kappa shape index (κ1) is 17.5. The zero-order valence-electron chi connectivity index (χ0n) is 12.6. The van der Waals surface area contributed by atoms with Gasteiger partial charge in [0, 0.05) is 18.7 Å². The molecule has 0 amide bonds. The number of halogens is 2. The van der Waals surface area contributed by atoms with E-state index < -0.39 is 11.9 Å². The first-order chi connectivity index (χ1) is 10.6. The van der Waals surface area contributed by atoms with Gasteiger partial charge in [-0.1, -0.05) is 11.6 Å². The van der Waals surface area contributed by atoms with Gasteiger partial charge in [0.15, 0.2) is 0 Å². The highest BCUT2D eigenvalue weighted by Gasteiger charge is 2.20. The molecule has 0 radical (unpaired) electrons. The van der Waals surface area contributed by atoms with E-state index in [4.69, 9.17) is 22.1 Å². The van der Waals surface area contributed by atoms with E-state index in [1.54, 1.807) is 6.07 Å². The molecule has 0 heterocycles. The molecule has 0 aliphatic heterocycles. The molecule has 1 saturated carbocycles. The highest BCUT2D eigenvalue weighted by Crippen LogP contribution is 2.23. The van der Waals surface area contributed by atoms with Gasteiger partial charge in [-0.05, 0) is 50.3 Å². The summed E-state index contributed by atoms with van der Waals surface area (Å²) in [6, 6.07) is 4.67. The number of rotatable bonds is 7. The fourth-order valence-electron chi connectivity index (χ4n) is 2.72. The summed E-state index contributed by atoms with van der Waals surface area (Å²) in [6.45, 7) is 1.35. The third-order valence-corrected chi connectivity index (χ3v) is 4.46. The Hall–Kier alpha value is -0.880. The molecular weight excluding hydrogens is 307 g/mol. The van der Waals surface area contributed by atoms with Crippen LogP contribution in [0.2, 0.25) is 5.02 Å². The van der Waals surface area contributed by atoms with E-state index in [-0.39, 0.29) is 11.6 Å². The van der Waals surface area contributed by atoms with Gasteiger partial charge in [0.25, 0.3) is 0 Å². The van der Waals surface area contributed by atoms with Crippen LogP contribution in [0.3, 0.4) is 0 Å². The van der Waals surface area contributed by atoms with Crippen LogP contribution in [-0.2, 0) is 0 Å². The van der Waals surface area contributed by atoms with Crippen molar-refractivity contribution in [1.82, 2.24) is 5.32 Å². The summed E-state index contributed by atoms with van der Waals surface area (Å²) < 4.78 is 18.6. The van der Waals surface area contributed by atoms with Crippen molar-refractivity contribution in [3.63, 3.8) is 0 Å². The van der Waals surface area contributed by atoms with Crippen molar-refractivity contribution in [2.45, 2.75) is 37.8 Å². The molecule has 6 heteroatoms. The fourth-order valence-corrected chi connectivity index (χ4v) is 2.84. The lowest BCUT2D eigenvalue weighted by molar-refractivity contribution is 0.101. The average molecular weight is 331 g/mol. The van der Waals surface area contributed by atoms with Gasteiger partial charge < -0.3 is 20.9 Å². The maximum atomic E-state index is 13.3. The standard InChI is InChI=1S/C16H24ClFN2O2/c17-15-6-5-14(7-16(15)18)22-10-13(21)9-20-12-3-1-11(8-19)2-4-12/h5-7,11-13,20-21H,1-4,8-10,19H2. The van der Waals surface area contributed by atoms with E-state index in [1.807, 2.05) is 0 Å². The molecule has 4 nitrogen and oxygen atoms in total. The van der Waals surface area contributed by atoms with Crippen LogP contribution in [0.1, 0.15) is 25.7 Å². The molecule has 0 saturated heterocycles. The summed E-state index contributed by atoms with van der Waals surface area (Å²) >= 11 is 5.60. The Morgan fingerprint density at radius 2 is 2.09 bits per heavy atom. The molecule has 0 bridgehead atoms. The van der Waals surface area contributed by atoms with Crippen LogP contribution in [0.15, 0.2) is 18.2 Å². The van der Waals surface area contributed by atoms with Crippen molar-refractivity contribution in [1.29, 1.82) is 0 Å². The van der Waals surface area contributed by atoms with Crippen LogP contribution in [0, 0.1) is 11.7 Å². The van der Waals surface area contributed by atoms with E-state index in [0.29, 0.717) is 24.3 Å². The van der Waals surface area contributed by atoms with Crippen LogP contribution in [0.4, 0.5) is 4.39 Å². The van der Waals surface area contributed by atoms with Crippen LogP contribution < -0.4 is 15.8 Å². The Balaban J connectivity index is 1.65. The Morgan fingerprint density at radius 3 is 2.73 bits per heavy atom. The summed E-state index contributed by atoms with van der Waals surface area (Å²) in [5.41, 5.74) is 5.67. The highest BCUT2D eigenvalue weighted by atomic mass is 35.5. The van der Waals surface area contributed by atoms with Gasteiger partial charge in [0.1, 0.15) is 24.3 Å². The highest BCUT2D eigenvalue weighted by molar-refractivity contribution is 6.30. The number of nitrogens with two attached hydrogens (primary N) is 1. The van der Waals surface area contributed by atoms with Crippen LogP contribution in [0.5, 0.6) is 5.75 Å². The lowest BCUT2D eigenvalue weighted by atomic mass is 9.86. The molecule has 1 unspecified atom stereocenters. The molecule has 1 atom stereocenters. The predicted octanol–water partition coefficient (Wildman–Crippen LogP) is 2.33. The molecule has 1 aliphatic rings. The second kappa shape index (κ2) is 8.67. The average Bonchev–Trinajstić information content (AvgIpc) is 2.54. The quantitative estimate of drug-likeness (QED) is 0.718. The van der Waals surface area contributed by atoms with E-state index in [0.717, 1.165) is 32.2 Å². The summed E-state index contributed by atoms with van der Waals surface area (Å²) in [7, 11) is 0. The largest absolute Gasteiger partial charge is 0.491 e. The summed E-state index contributed by atoms with van der Waals surface area (Å²) in [5.74, 6) is 0.485. The van der Waals surface area contributed by atoms with E-state index >= 15 is 0 Å². The molecular formula is C16H24ClFN2O2. The number of aliphatic hydroxyl groups is 1. The van der Waals surface area contributed by atoms with Gasteiger partial charge in [-0.15, -0.1) is 0 Å². The second-order valence-corrected chi connectivity index (χ2v) is 6.31. The number of benzene rings is 1. The first-order valence-electron chi connectivity index (χ1n) is 7.78. The molecule has 2 rings (SSSR count). The Bertz CT molecular complexity index is 467. The summed E-state index contributed by atoms with van der Waals surface area (Å²) in [6.07, 6.45) is 3.84. The van der Waals surface area contributed by atoms with Crippen molar-refractivity contribution in [3.8, 4) is 5.75 Å². The lowest BCUT2D eigenvalue weighted by Crippen LogP contribution is -2.40. The molecule has 22 heavy (non-hydrogen) atoms. The summed E-state index contributed by atoms with van der Waals surface area (Å²) in [5, 5.41) is 13.4. The third-order valence-electron chi connectivity index (χ3n) is 4.16. The minimum Gasteiger partial charge on any atom is -0.491 e. The smallest absolute Gasteiger partial charge is 0.145 e. The van der Waals surface area contributed by atoms with Crippen LogP contribution >= 0.6 is 11.6 Å². The zero-order valence-corrected chi connectivity index (χ0v) is 13.4. The minimum absolute atomic E-state index is 0.0580. The molecule has 1 aliphatic carbocycles. The van der Waals surface area contributed by atoms with Crippen molar-refractivity contribution < 1.29 is 14.2 Å². The van der Waals surface area contributed by atoms with Crippen molar-refractivity contribution >= 4 is 11.6 Å². The molecule has 0 spiro atoms. The van der Waals surface area contributed by atoms with Crippen LogP contribution in [0.25, 0.3) is 0 Å².